The third kappa shape index (κ3) is 1.82. The van der Waals surface area contributed by atoms with Crippen molar-refractivity contribution in [2.45, 2.75) is 45.6 Å². The molecular formula is C11H21N. The Hall–Kier alpha value is -0.0400. The average molecular weight is 167 g/mol. The Bertz CT molecular complexity index is 153. The van der Waals surface area contributed by atoms with Gasteiger partial charge in [0.1, 0.15) is 0 Å². The minimum Gasteiger partial charge on any atom is -0.313 e. The second-order valence-corrected chi connectivity index (χ2v) is 5.00. The van der Waals surface area contributed by atoms with Gasteiger partial charge in [0.05, 0.1) is 0 Å². The van der Waals surface area contributed by atoms with Crippen LogP contribution in [0.25, 0.3) is 0 Å². The fourth-order valence-corrected chi connectivity index (χ4v) is 2.55. The van der Waals surface area contributed by atoms with Gasteiger partial charge < -0.3 is 5.32 Å². The molecule has 0 saturated heterocycles. The molecule has 2 aliphatic rings. The van der Waals surface area contributed by atoms with Gasteiger partial charge in [0, 0.05) is 6.04 Å². The number of fused-ring (bicyclic) bond motifs is 1. The molecular weight excluding hydrogens is 146 g/mol. The lowest BCUT2D eigenvalue weighted by molar-refractivity contribution is 0.340. The van der Waals surface area contributed by atoms with Crippen LogP contribution >= 0.6 is 0 Å². The zero-order chi connectivity index (χ0) is 8.55. The monoisotopic (exact) mass is 167 g/mol. The summed E-state index contributed by atoms with van der Waals surface area (Å²) in [6, 6.07) is 0.881. The maximum Gasteiger partial charge on any atom is 0.00981 e. The highest BCUT2D eigenvalue weighted by Gasteiger charge is 2.44. The molecule has 0 aromatic rings. The first-order valence-electron chi connectivity index (χ1n) is 5.50. The van der Waals surface area contributed by atoms with Crippen LogP contribution in [0.2, 0.25) is 0 Å². The first kappa shape index (κ1) is 8.55. The van der Waals surface area contributed by atoms with Gasteiger partial charge in [-0.15, -0.1) is 0 Å². The fourth-order valence-electron chi connectivity index (χ4n) is 2.55. The Labute approximate surface area is 75.9 Å². The van der Waals surface area contributed by atoms with E-state index in [9.17, 15) is 0 Å². The smallest absolute Gasteiger partial charge is 0.00981 e. The zero-order valence-electron chi connectivity index (χ0n) is 8.34. The Morgan fingerprint density at radius 1 is 1.33 bits per heavy atom. The van der Waals surface area contributed by atoms with Crippen molar-refractivity contribution in [3.8, 4) is 0 Å². The van der Waals surface area contributed by atoms with Crippen molar-refractivity contribution in [1.82, 2.24) is 5.32 Å². The summed E-state index contributed by atoms with van der Waals surface area (Å²) in [5.41, 5.74) is 0. The summed E-state index contributed by atoms with van der Waals surface area (Å²) in [4.78, 5) is 0. The molecule has 0 amide bonds. The molecule has 0 heterocycles. The largest absolute Gasteiger partial charge is 0.313 e. The van der Waals surface area contributed by atoms with E-state index in [2.05, 4.69) is 19.2 Å². The molecule has 12 heavy (non-hydrogen) atoms. The van der Waals surface area contributed by atoms with E-state index in [-0.39, 0.29) is 0 Å². The van der Waals surface area contributed by atoms with Crippen LogP contribution in [0.1, 0.15) is 39.5 Å². The van der Waals surface area contributed by atoms with Crippen molar-refractivity contribution < 1.29 is 0 Å². The van der Waals surface area contributed by atoms with E-state index in [0.717, 1.165) is 23.8 Å². The van der Waals surface area contributed by atoms with E-state index >= 15 is 0 Å². The molecule has 0 aromatic heterocycles. The average Bonchev–Trinajstić information content (AvgIpc) is 2.78. The molecule has 0 bridgehead atoms. The molecule has 1 N–H and O–H groups in total. The van der Waals surface area contributed by atoms with Crippen LogP contribution in [0.3, 0.4) is 0 Å². The Morgan fingerprint density at radius 3 is 2.92 bits per heavy atom. The molecule has 0 aromatic carbocycles. The molecule has 0 spiro atoms. The standard InChI is InChI=1S/C11H21N/c1-8(2)7-12-11-5-3-4-9-6-10(9)11/h8-12H,3-7H2,1-2H3. The van der Waals surface area contributed by atoms with Gasteiger partial charge in [-0.05, 0) is 37.1 Å². The molecule has 2 saturated carbocycles. The maximum atomic E-state index is 3.71. The van der Waals surface area contributed by atoms with Gasteiger partial charge in [-0.25, -0.2) is 0 Å². The summed E-state index contributed by atoms with van der Waals surface area (Å²) in [6.07, 6.45) is 5.95. The van der Waals surface area contributed by atoms with Gasteiger partial charge in [0.2, 0.25) is 0 Å². The lowest BCUT2D eigenvalue weighted by Gasteiger charge is -2.23. The molecule has 3 unspecified atom stereocenters. The quantitative estimate of drug-likeness (QED) is 0.680. The summed E-state index contributed by atoms with van der Waals surface area (Å²) in [5, 5.41) is 3.71. The maximum absolute atomic E-state index is 3.71. The molecule has 70 valence electrons. The first-order valence-corrected chi connectivity index (χ1v) is 5.50. The Balaban J connectivity index is 1.73. The highest BCUT2D eigenvalue weighted by Crippen LogP contribution is 2.49. The van der Waals surface area contributed by atoms with Gasteiger partial charge in [-0.3, -0.25) is 0 Å². The number of nitrogens with one attached hydrogen (secondary N) is 1. The van der Waals surface area contributed by atoms with Crippen molar-refractivity contribution in [3.05, 3.63) is 0 Å². The molecule has 1 nitrogen and oxygen atoms in total. The minimum absolute atomic E-state index is 0.809. The number of rotatable bonds is 3. The third-order valence-electron chi connectivity index (χ3n) is 3.37. The lowest BCUT2D eigenvalue weighted by Crippen LogP contribution is -2.35. The van der Waals surface area contributed by atoms with Crippen molar-refractivity contribution in [3.63, 3.8) is 0 Å². The number of hydrogen-bond donors (Lipinski definition) is 1. The van der Waals surface area contributed by atoms with E-state index in [4.69, 9.17) is 0 Å². The topological polar surface area (TPSA) is 12.0 Å². The molecule has 2 fully saturated rings. The highest BCUT2D eigenvalue weighted by atomic mass is 14.9. The van der Waals surface area contributed by atoms with Crippen LogP contribution in [0, 0.1) is 17.8 Å². The first-order chi connectivity index (χ1) is 5.77. The van der Waals surface area contributed by atoms with E-state index in [0.29, 0.717) is 0 Å². The fraction of sp³-hybridized carbons (Fsp3) is 1.00. The van der Waals surface area contributed by atoms with Crippen molar-refractivity contribution in [1.29, 1.82) is 0 Å². The number of hydrogen-bond acceptors (Lipinski definition) is 1. The van der Waals surface area contributed by atoms with Crippen LogP contribution < -0.4 is 5.32 Å². The van der Waals surface area contributed by atoms with Gasteiger partial charge in [0.25, 0.3) is 0 Å². The summed E-state index contributed by atoms with van der Waals surface area (Å²) < 4.78 is 0. The minimum atomic E-state index is 0.809. The second kappa shape index (κ2) is 3.37. The van der Waals surface area contributed by atoms with Crippen LogP contribution in [0.5, 0.6) is 0 Å². The summed E-state index contributed by atoms with van der Waals surface area (Å²) in [5.74, 6) is 2.99. The summed E-state index contributed by atoms with van der Waals surface area (Å²) in [6.45, 7) is 5.80. The SMILES string of the molecule is CC(C)CNC1CCCC2CC21. The van der Waals surface area contributed by atoms with Gasteiger partial charge >= 0.3 is 0 Å². The van der Waals surface area contributed by atoms with Gasteiger partial charge in [-0.2, -0.15) is 0 Å². The van der Waals surface area contributed by atoms with E-state index in [1.165, 1.54) is 32.2 Å². The van der Waals surface area contributed by atoms with Crippen molar-refractivity contribution in [2.75, 3.05) is 6.54 Å². The molecule has 0 radical (unpaired) electrons. The second-order valence-electron chi connectivity index (χ2n) is 5.00. The third-order valence-corrected chi connectivity index (χ3v) is 3.37. The molecule has 3 atom stereocenters. The Kier molecular flexibility index (Phi) is 2.40. The lowest BCUT2D eigenvalue weighted by atomic mass is 9.95. The van der Waals surface area contributed by atoms with Crippen molar-refractivity contribution in [2.24, 2.45) is 17.8 Å². The van der Waals surface area contributed by atoms with Gasteiger partial charge in [-0.1, -0.05) is 26.7 Å². The highest BCUT2D eigenvalue weighted by molar-refractivity contribution is 4.98. The molecule has 0 aliphatic heterocycles. The summed E-state index contributed by atoms with van der Waals surface area (Å²) >= 11 is 0. The van der Waals surface area contributed by atoms with Gasteiger partial charge in [0.15, 0.2) is 0 Å². The van der Waals surface area contributed by atoms with Crippen LogP contribution in [0.4, 0.5) is 0 Å². The molecule has 2 rings (SSSR count). The van der Waals surface area contributed by atoms with E-state index in [1.807, 2.05) is 0 Å². The normalized spacial score (nSPS) is 39.8. The predicted molar refractivity (Wildman–Crippen MR) is 52.1 cm³/mol. The Morgan fingerprint density at radius 2 is 2.17 bits per heavy atom. The van der Waals surface area contributed by atoms with Crippen molar-refractivity contribution >= 4 is 0 Å². The van der Waals surface area contributed by atoms with E-state index < -0.39 is 0 Å². The molecule has 2 aliphatic carbocycles. The van der Waals surface area contributed by atoms with Crippen LogP contribution in [-0.2, 0) is 0 Å². The predicted octanol–water partition coefficient (Wildman–Crippen LogP) is 2.42. The molecule has 1 heteroatoms. The zero-order valence-corrected chi connectivity index (χ0v) is 8.34. The van der Waals surface area contributed by atoms with Crippen LogP contribution in [0.15, 0.2) is 0 Å². The van der Waals surface area contributed by atoms with Crippen LogP contribution in [-0.4, -0.2) is 12.6 Å². The van der Waals surface area contributed by atoms with E-state index in [1.54, 1.807) is 0 Å². The summed E-state index contributed by atoms with van der Waals surface area (Å²) in [7, 11) is 0.